The van der Waals surface area contributed by atoms with Gasteiger partial charge in [-0.25, -0.2) is 0 Å². The number of methoxy groups -OCH3 is 1. The molecule has 0 bridgehead atoms. The highest BCUT2D eigenvalue weighted by atomic mass is 16.5. The van der Waals surface area contributed by atoms with Crippen LogP contribution in [-0.2, 0) is 0 Å². The number of carbonyl (C=O) groups excluding carboxylic acids is 1. The zero-order valence-electron chi connectivity index (χ0n) is 12.3. The van der Waals surface area contributed by atoms with Gasteiger partial charge in [0.2, 0.25) is 0 Å². The number of anilines is 1. The first-order valence-corrected chi connectivity index (χ1v) is 6.94. The first-order valence-electron chi connectivity index (χ1n) is 6.94. The Morgan fingerprint density at radius 2 is 2.18 bits per heavy atom. The van der Waals surface area contributed by atoms with E-state index in [0.717, 1.165) is 0 Å². The predicted octanol–water partition coefficient (Wildman–Crippen LogP) is 1.81. The molecule has 1 aliphatic heterocycles. The van der Waals surface area contributed by atoms with E-state index in [0.29, 0.717) is 23.5 Å². The van der Waals surface area contributed by atoms with E-state index in [1.54, 1.807) is 4.90 Å². The summed E-state index contributed by atoms with van der Waals surface area (Å²) in [5.41, 5.74) is 0.703. The number of fused-ring (bicyclic) bond motifs is 1. The molecule has 0 spiro atoms. The van der Waals surface area contributed by atoms with Crippen molar-refractivity contribution in [3.8, 4) is 11.5 Å². The van der Waals surface area contributed by atoms with E-state index >= 15 is 0 Å². The molecule has 2 aromatic rings. The zero-order chi connectivity index (χ0) is 15.7. The molecule has 114 valence electrons. The SMILES string of the molecule is COc1cc(=O)[nH]cc1C(=O)N1CC(C)Oc2ccccc21. The Hall–Kier alpha value is -2.76. The summed E-state index contributed by atoms with van der Waals surface area (Å²) in [5, 5.41) is 0. The van der Waals surface area contributed by atoms with Crippen molar-refractivity contribution >= 4 is 11.6 Å². The van der Waals surface area contributed by atoms with Crippen LogP contribution < -0.4 is 19.9 Å². The molecule has 0 saturated carbocycles. The highest BCUT2D eigenvalue weighted by molar-refractivity contribution is 6.08. The summed E-state index contributed by atoms with van der Waals surface area (Å²) in [6.45, 7) is 2.33. The smallest absolute Gasteiger partial charge is 0.263 e. The van der Waals surface area contributed by atoms with Crippen LogP contribution in [0.1, 0.15) is 17.3 Å². The second-order valence-corrected chi connectivity index (χ2v) is 5.09. The lowest BCUT2D eigenvalue weighted by Gasteiger charge is -2.33. The van der Waals surface area contributed by atoms with E-state index < -0.39 is 0 Å². The number of para-hydroxylation sites is 2. The third-order valence-electron chi connectivity index (χ3n) is 3.51. The molecule has 1 aromatic carbocycles. The Kier molecular flexibility index (Phi) is 3.58. The Labute approximate surface area is 127 Å². The van der Waals surface area contributed by atoms with Crippen LogP contribution >= 0.6 is 0 Å². The maximum atomic E-state index is 12.9. The summed E-state index contributed by atoms with van der Waals surface area (Å²) in [7, 11) is 1.43. The maximum Gasteiger partial charge on any atom is 0.263 e. The summed E-state index contributed by atoms with van der Waals surface area (Å²) in [4.78, 5) is 28.4. The van der Waals surface area contributed by atoms with Gasteiger partial charge in [0.05, 0.1) is 24.9 Å². The van der Waals surface area contributed by atoms with Crippen LogP contribution in [-0.4, -0.2) is 30.6 Å². The number of amides is 1. The third kappa shape index (κ3) is 2.43. The number of hydrogen-bond acceptors (Lipinski definition) is 4. The van der Waals surface area contributed by atoms with Crippen LogP contribution in [0.5, 0.6) is 11.5 Å². The van der Waals surface area contributed by atoms with Crippen LogP contribution in [0.2, 0.25) is 0 Å². The van der Waals surface area contributed by atoms with Crippen molar-refractivity contribution in [2.24, 2.45) is 0 Å². The van der Waals surface area contributed by atoms with E-state index in [1.807, 2.05) is 31.2 Å². The molecule has 6 heteroatoms. The van der Waals surface area contributed by atoms with Crippen LogP contribution in [0.4, 0.5) is 5.69 Å². The Balaban J connectivity index is 2.04. The number of H-pyrrole nitrogens is 1. The molecule has 1 N–H and O–H groups in total. The van der Waals surface area contributed by atoms with Crippen molar-refractivity contribution in [3.63, 3.8) is 0 Å². The normalized spacial score (nSPS) is 16.6. The third-order valence-corrected chi connectivity index (χ3v) is 3.51. The van der Waals surface area contributed by atoms with Gasteiger partial charge in [-0.05, 0) is 19.1 Å². The fourth-order valence-corrected chi connectivity index (χ4v) is 2.52. The number of nitrogens with one attached hydrogen (secondary N) is 1. The standard InChI is InChI=1S/C16H16N2O4/c1-10-9-18(12-5-3-4-6-13(12)22-10)16(20)11-8-17-15(19)7-14(11)21-2/h3-8,10H,9H2,1-2H3,(H,17,19). The molecule has 1 unspecified atom stereocenters. The molecular formula is C16H16N2O4. The van der Waals surface area contributed by atoms with Crippen molar-refractivity contribution in [2.45, 2.75) is 13.0 Å². The minimum atomic E-state index is -0.316. The molecule has 6 nitrogen and oxygen atoms in total. The Bertz CT molecular complexity index is 769. The summed E-state index contributed by atoms with van der Waals surface area (Å²) in [5.74, 6) is 0.680. The van der Waals surface area contributed by atoms with Gasteiger partial charge in [-0.15, -0.1) is 0 Å². The first-order chi connectivity index (χ1) is 10.6. The quantitative estimate of drug-likeness (QED) is 0.918. The lowest BCUT2D eigenvalue weighted by Crippen LogP contribution is -2.42. The fraction of sp³-hybridized carbons (Fsp3) is 0.250. The van der Waals surface area contributed by atoms with E-state index in [2.05, 4.69) is 4.98 Å². The van der Waals surface area contributed by atoms with Gasteiger partial charge in [0.15, 0.2) is 0 Å². The minimum Gasteiger partial charge on any atom is -0.496 e. The predicted molar refractivity (Wildman–Crippen MR) is 81.8 cm³/mol. The van der Waals surface area contributed by atoms with Crippen LogP contribution in [0.15, 0.2) is 41.3 Å². The molecule has 2 heterocycles. The van der Waals surface area contributed by atoms with Gasteiger partial charge in [0.1, 0.15) is 17.6 Å². The van der Waals surface area contributed by atoms with Gasteiger partial charge in [-0.3, -0.25) is 9.59 Å². The molecule has 1 amide bonds. The molecular weight excluding hydrogens is 284 g/mol. The first kappa shape index (κ1) is 14.2. The molecule has 1 aromatic heterocycles. The van der Waals surface area contributed by atoms with Gasteiger partial charge >= 0.3 is 0 Å². The van der Waals surface area contributed by atoms with Crippen LogP contribution in [0, 0.1) is 0 Å². The summed E-state index contributed by atoms with van der Waals surface area (Å²) < 4.78 is 10.9. The largest absolute Gasteiger partial charge is 0.496 e. The van der Waals surface area contributed by atoms with Crippen molar-refractivity contribution < 1.29 is 14.3 Å². The van der Waals surface area contributed by atoms with E-state index in [-0.39, 0.29) is 23.3 Å². The lowest BCUT2D eigenvalue weighted by atomic mass is 10.1. The van der Waals surface area contributed by atoms with Gasteiger partial charge in [0.25, 0.3) is 11.5 Å². The topological polar surface area (TPSA) is 71.6 Å². The van der Waals surface area contributed by atoms with Crippen molar-refractivity contribution in [1.82, 2.24) is 4.98 Å². The van der Waals surface area contributed by atoms with E-state index in [9.17, 15) is 9.59 Å². The average Bonchev–Trinajstić information content (AvgIpc) is 2.53. The monoisotopic (exact) mass is 300 g/mol. The number of aromatic amines is 1. The molecule has 0 saturated heterocycles. The van der Waals surface area contributed by atoms with Gasteiger partial charge < -0.3 is 19.4 Å². The number of benzene rings is 1. The zero-order valence-corrected chi connectivity index (χ0v) is 12.3. The van der Waals surface area contributed by atoms with E-state index in [1.165, 1.54) is 19.4 Å². The molecule has 22 heavy (non-hydrogen) atoms. The maximum absolute atomic E-state index is 12.9. The number of rotatable bonds is 2. The Morgan fingerprint density at radius 3 is 2.95 bits per heavy atom. The minimum absolute atomic E-state index is 0.118. The Morgan fingerprint density at radius 1 is 1.41 bits per heavy atom. The number of carbonyl (C=O) groups is 1. The number of ether oxygens (including phenoxy) is 2. The number of hydrogen-bond donors (Lipinski definition) is 1. The average molecular weight is 300 g/mol. The molecule has 0 radical (unpaired) electrons. The van der Waals surface area contributed by atoms with Crippen molar-refractivity contribution in [1.29, 1.82) is 0 Å². The van der Waals surface area contributed by atoms with Gasteiger partial charge in [-0.1, -0.05) is 12.1 Å². The van der Waals surface area contributed by atoms with Crippen LogP contribution in [0.25, 0.3) is 0 Å². The van der Waals surface area contributed by atoms with Crippen molar-refractivity contribution in [2.75, 3.05) is 18.6 Å². The van der Waals surface area contributed by atoms with Crippen LogP contribution in [0.3, 0.4) is 0 Å². The highest BCUT2D eigenvalue weighted by Gasteiger charge is 2.29. The summed E-state index contributed by atoms with van der Waals surface area (Å²) in [6.07, 6.45) is 1.26. The molecule has 1 aliphatic rings. The molecule has 0 aliphatic carbocycles. The summed E-state index contributed by atoms with van der Waals surface area (Å²) in [6, 6.07) is 8.64. The second-order valence-electron chi connectivity index (χ2n) is 5.09. The number of nitrogens with zero attached hydrogens (tertiary/aromatic N) is 1. The highest BCUT2D eigenvalue weighted by Crippen LogP contribution is 2.34. The van der Waals surface area contributed by atoms with E-state index in [4.69, 9.17) is 9.47 Å². The summed E-state index contributed by atoms with van der Waals surface area (Å²) >= 11 is 0. The molecule has 3 rings (SSSR count). The fourth-order valence-electron chi connectivity index (χ4n) is 2.52. The van der Waals surface area contributed by atoms with Gasteiger partial charge in [0, 0.05) is 12.3 Å². The van der Waals surface area contributed by atoms with Crippen molar-refractivity contribution in [3.05, 3.63) is 52.4 Å². The number of pyridine rings is 1. The molecule has 0 fully saturated rings. The number of aromatic nitrogens is 1. The molecule has 1 atom stereocenters. The second kappa shape index (κ2) is 5.55. The lowest BCUT2D eigenvalue weighted by molar-refractivity contribution is 0.0957. The van der Waals surface area contributed by atoms with Gasteiger partial charge in [-0.2, -0.15) is 0 Å².